The van der Waals surface area contributed by atoms with Crippen molar-refractivity contribution in [3.8, 4) is 0 Å². The predicted octanol–water partition coefficient (Wildman–Crippen LogP) is 6.65. The summed E-state index contributed by atoms with van der Waals surface area (Å²) >= 11 is 0. The largest absolute Gasteiger partial charge is 0.251 e. The lowest BCUT2D eigenvalue weighted by Crippen LogP contribution is -2.38. The first-order valence-electron chi connectivity index (χ1n) is 10.3. The monoisotopic (exact) mass is 321 g/mol. The zero-order chi connectivity index (χ0) is 16.8. The summed E-state index contributed by atoms with van der Waals surface area (Å²) in [5.41, 5.74) is 0. The molecule has 1 aromatic rings. The number of hydrogen-bond donors (Lipinski definition) is 1. The highest BCUT2D eigenvalue weighted by Gasteiger charge is 2.12. The maximum absolute atomic E-state index is 3.26. The minimum absolute atomic E-state index is 0.633. The molecule has 2 heteroatoms. The molecule has 0 spiro atoms. The summed E-state index contributed by atoms with van der Waals surface area (Å²) in [7, 11) is 0. The lowest BCUT2D eigenvalue weighted by atomic mass is 10.0. The smallest absolute Gasteiger partial charge is 0.248 e. The highest BCUT2D eigenvalue weighted by atomic mass is 15.1. The van der Waals surface area contributed by atoms with Gasteiger partial charge in [-0.05, 0) is 19.8 Å². The Kier molecular flexibility index (Phi) is 12.0. The second kappa shape index (κ2) is 13.6. The number of aryl methyl sites for hydroxylation is 1. The molecule has 0 aliphatic carbocycles. The van der Waals surface area contributed by atoms with E-state index in [0.717, 1.165) is 0 Å². The highest BCUT2D eigenvalue weighted by molar-refractivity contribution is 4.72. The molecule has 2 nitrogen and oxygen atoms in total. The second-order valence-electron chi connectivity index (χ2n) is 7.33. The third kappa shape index (κ3) is 9.84. The van der Waals surface area contributed by atoms with Gasteiger partial charge in [-0.1, -0.05) is 84.0 Å². The number of aromatic nitrogens is 2. The standard InChI is InChI=1S/C21H40N2/c1-4-5-6-7-8-9-10-11-12-13-14-15-16-17-20(2)23-19-18-22-21(23)3/h18-20H,4-17H2,1-3H3/p+1. The fraction of sp³-hybridized carbons (Fsp3) is 0.857. The molecule has 0 fully saturated rings. The van der Waals surface area contributed by atoms with Gasteiger partial charge in [0.05, 0.1) is 6.04 Å². The van der Waals surface area contributed by atoms with Crippen molar-refractivity contribution >= 4 is 0 Å². The van der Waals surface area contributed by atoms with Crippen LogP contribution in [0.3, 0.4) is 0 Å². The Hall–Kier alpha value is -0.790. The second-order valence-corrected chi connectivity index (χ2v) is 7.33. The number of H-pyrrole nitrogens is 1. The third-order valence-corrected chi connectivity index (χ3v) is 5.11. The van der Waals surface area contributed by atoms with Crippen molar-refractivity contribution in [1.82, 2.24) is 4.98 Å². The van der Waals surface area contributed by atoms with Crippen molar-refractivity contribution < 1.29 is 4.57 Å². The first-order valence-corrected chi connectivity index (χ1v) is 10.3. The molecule has 1 rings (SSSR count). The van der Waals surface area contributed by atoms with Gasteiger partial charge in [-0.2, -0.15) is 0 Å². The van der Waals surface area contributed by atoms with Crippen LogP contribution in [0.5, 0.6) is 0 Å². The summed E-state index contributed by atoms with van der Waals surface area (Å²) in [6, 6.07) is 0.633. The lowest BCUT2D eigenvalue weighted by molar-refractivity contribution is -0.724. The number of hydrogen-bond acceptors (Lipinski definition) is 0. The van der Waals surface area contributed by atoms with E-state index in [1.807, 2.05) is 6.20 Å². The number of unbranched alkanes of at least 4 members (excludes halogenated alkanes) is 12. The van der Waals surface area contributed by atoms with Crippen molar-refractivity contribution in [1.29, 1.82) is 0 Å². The summed E-state index contributed by atoms with van der Waals surface area (Å²) in [5.74, 6) is 1.27. The molecular weight excluding hydrogens is 280 g/mol. The molecule has 0 saturated carbocycles. The average Bonchev–Trinajstić information content (AvgIpc) is 2.98. The molecule has 0 saturated heterocycles. The molecule has 23 heavy (non-hydrogen) atoms. The number of imidazole rings is 1. The van der Waals surface area contributed by atoms with Crippen molar-refractivity contribution in [2.45, 2.75) is 117 Å². The van der Waals surface area contributed by atoms with Crippen LogP contribution in [-0.2, 0) is 0 Å². The summed E-state index contributed by atoms with van der Waals surface area (Å²) in [5, 5.41) is 0. The van der Waals surface area contributed by atoms with Crippen LogP contribution < -0.4 is 4.57 Å². The topological polar surface area (TPSA) is 19.7 Å². The van der Waals surface area contributed by atoms with Gasteiger partial charge in [-0.3, -0.25) is 0 Å². The Morgan fingerprint density at radius 2 is 1.30 bits per heavy atom. The quantitative estimate of drug-likeness (QED) is 0.275. The van der Waals surface area contributed by atoms with Gasteiger partial charge < -0.3 is 0 Å². The van der Waals surface area contributed by atoms with Crippen LogP contribution in [0.15, 0.2) is 12.4 Å². The molecule has 1 unspecified atom stereocenters. The molecule has 0 aliphatic heterocycles. The Morgan fingerprint density at radius 3 is 1.74 bits per heavy atom. The molecule has 0 amide bonds. The fourth-order valence-corrected chi connectivity index (χ4v) is 3.50. The molecule has 0 bridgehead atoms. The van der Waals surface area contributed by atoms with Gasteiger partial charge in [0.15, 0.2) is 0 Å². The van der Waals surface area contributed by atoms with Crippen LogP contribution in [0.2, 0.25) is 0 Å². The normalized spacial score (nSPS) is 12.7. The summed E-state index contributed by atoms with van der Waals surface area (Å²) in [6.07, 6.45) is 24.2. The SMILES string of the molecule is CCCCCCCCCCCCCCCC(C)[n+]1cc[nH]c1C. The Morgan fingerprint density at radius 1 is 0.826 bits per heavy atom. The maximum atomic E-state index is 3.26. The van der Waals surface area contributed by atoms with Gasteiger partial charge in [0, 0.05) is 6.92 Å². The molecular formula is C21H41N2+. The van der Waals surface area contributed by atoms with E-state index in [1.54, 1.807) is 0 Å². The van der Waals surface area contributed by atoms with Gasteiger partial charge in [0.2, 0.25) is 0 Å². The molecule has 1 N–H and O–H groups in total. The Balaban J connectivity index is 1.82. The molecule has 1 aromatic heterocycles. The van der Waals surface area contributed by atoms with E-state index < -0.39 is 0 Å². The highest BCUT2D eigenvalue weighted by Crippen LogP contribution is 2.14. The number of aromatic amines is 1. The van der Waals surface area contributed by atoms with Gasteiger partial charge in [0.25, 0.3) is 5.82 Å². The van der Waals surface area contributed by atoms with Crippen molar-refractivity contribution in [2.75, 3.05) is 0 Å². The van der Waals surface area contributed by atoms with Crippen molar-refractivity contribution in [3.05, 3.63) is 18.2 Å². The van der Waals surface area contributed by atoms with Crippen LogP contribution in [-0.4, -0.2) is 4.98 Å². The van der Waals surface area contributed by atoms with E-state index in [9.17, 15) is 0 Å². The van der Waals surface area contributed by atoms with E-state index in [1.165, 1.54) is 95.7 Å². The molecule has 134 valence electrons. The summed E-state index contributed by atoms with van der Waals surface area (Å²) in [6.45, 7) is 6.78. The van der Waals surface area contributed by atoms with E-state index in [0.29, 0.717) is 6.04 Å². The molecule has 0 aliphatic rings. The molecule has 0 aromatic carbocycles. The van der Waals surface area contributed by atoms with Crippen molar-refractivity contribution in [2.24, 2.45) is 0 Å². The van der Waals surface area contributed by atoms with Crippen LogP contribution >= 0.6 is 0 Å². The maximum Gasteiger partial charge on any atom is 0.251 e. The first kappa shape index (κ1) is 20.3. The number of nitrogens with one attached hydrogen (secondary N) is 1. The third-order valence-electron chi connectivity index (χ3n) is 5.11. The zero-order valence-electron chi connectivity index (χ0n) is 16.1. The first-order chi connectivity index (χ1) is 11.3. The van der Waals surface area contributed by atoms with E-state index >= 15 is 0 Å². The fourth-order valence-electron chi connectivity index (χ4n) is 3.50. The average molecular weight is 322 g/mol. The minimum Gasteiger partial charge on any atom is -0.248 e. The van der Waals surface area contributed by atoms with Crippen molar-refractivity contribution in [3.63, 3.8) is 0 Å². The summed E-state index contributed by atoms with van der Waals surface area (Å²) < 4.78 is 2.36. The van der Waals surface area contributed by atoms with Crippen LogP contribution in [0.25, 0.3) is 0 Å². The molecule has 1 atom stereocenters. The van der Waals surface area contributed by atoms with E-state index in [-0.39, 0.29) is 0 Å². The number of nitrogens with zero attached hydrogens (tertiary/aromatic N) is 1. The van der Waals surface area contributed by atoms with Crippen LogP contribution in [0, 0.1) is 6.92 Å². The minimum atomic E-state index is 0.633. The zero-order valence-corrected chi connectivity index (χ0v) is 16.1. The van der Waals surface area contributed by atoms with Gasteiger partial charge in [-0.15, -0.1) is 0 Å². The molecule has 0 radical (unpaired) electrons. The van der Waals surface area contributed by atoms with E-state index in [2.05, 4.69) is 36.5 Å². The van der Waals surface area contributed by atoms with Gasteiger partial charge >= 0.3 is 0 Å². The Bertz CT molecular complexity index is 370. The van der Waals surface area contributed by atoms with Crippen LogP contribution in [0.1, 0.15) is 116 Å². The molecule has 1 heterocycles. The summed E-state index contributed by atoms with van der Waals surface area (Å²) in [4.78, 5) is 3.26. The Labute approximate surface area is 145 Å². The van der Waals surface area contributed by atoms with Gasteiger partial charge in [-0.25, -0.2) is 9.55 Å². The van der Waals surface area contributed by atoms with Crippen LogP contribution in [0.4, 0.5) is 0 Å². The number of rotatable bonds is 15. The predicted molar refractivity (Wildman–Crippen MR) is 101 cm³/mol. The van der Waals surface area contributed by atoms with Gasteiger partial charge in [0.1, 0.15) is 12.4 Å². The van der Waals surface area contributed by atoms with E-state index in [4.69, 9.17) is 0 Å². The lowest BCUT2D eigenvalue weighted by Gasteiger charge is -2.09.